The monoisotopic (exact) mass is 379 g/mol. The molecule has 0 heterocycles. The van der Waals surface area contributed by atoms with E-state index in [9.17, 15) is 0 Å². The summed E-state index contributed by atoms with van der Waals surface area (Å²) in [6.07, 6.45) is 0. The van der Waals surface area contributed by atoms with E-state index in [4.69, 9.17) is 5.26 Å². The van der Waals surface area contributed by atoms with Crippen LogP contribution in [0.25, 0.3) is 0 Å². The fourth-order valence-electron chi connectivity index (χ4n) is 1.68. The molecule has 0 aromatic rings. The number of likely N-dealkylation sites (N-methyl/N-ethyl adjacent to an activating group) is 2. The first-order chi connectivity index (χ1) is 8.69. The third kappa shape index (κ3) is 18.3. The van der Waals surface area contributed by atoms with Gasteiger partial charge in [0.15, 0.2) is 0 Å². The molecule has 0 aromatic heterocycles. The summed E-state index contributed by atoms with van der Waals surface area (Å²) in [5, 5.41) is 12.0. The van der Waals surface area contributed by atoms with Crippen molar-refractivity contribution in [3.63, 3.8) is 0 Å². The number of rotatable bonds is 10. The van der Waals surface area contributed by atoms with Crippen LogP contribution >= 0.6 is 0 Å². The van der Waals surface area contributed by atoms with E-state index in [1.54, 1.807) is 0 Å². The predicted molar refractivity (Wildman–Crippen MR) is 81.4 cm³/mol. The van der Waals surface area contributed by atoms with Crippen molar-refractivity contribution in [2.45, 2.75) is 27.7 Å². The Bertz CT molecular complexity index is 178. The molecule has 6 heteroatoms. The van der Waals surface area contributed by atoms with E-state index in [1.165, 1.54) is 18.5 Å². The van der Waals surface area contributed by atoms with Gasteiger partial charge in [-0.05, 0) is 26.2 Å². The van der Waals surface area contributed by atoms with Crippen molar-refractivity contribution in [3.8, 4) is 5.40 Å². The van der Waals surface area contributed by atoms with E-state index >= 15 is 0 Å². The Kier molecular flexibility index (Phi) is 26.3. The zero-order valence-corrected chi connectivity index (χ0v) is 15.1. The van der Waals surface area contributed by atoms with E-state index in [1.807, 2.05) is 0 Å². The minimum absolute atomic E-state index is 0. The largest absolute Gasteiger partial charge is 0.696 e. The first-order valence-electron chi connectivity index (χ1n) is 6.86. The Morgan fingerprint density at radius 2 is 1.16 bits per heavy atom. The summed E-state index contributed by atoms with van der Waals surface area (Å²) in [6, 6.07) is 0. The molecular weight excluding hydrogens is 351 g/mol. The molecule has 19 heavy (non-hydrogen) atoms. The summed E-state index contributed by atoms with van der Waals surface area (Å²) >= 11 is 3.70. The average molecular weight is 380 g/mol. The molecule has 0 rings (SSSR count). The number of thiocyanates is 1. The van der Waals surface area contributed by atoms with E-state index in [0.717, 1.165) is 39.3 Å². The summed E-state index contributed by atoms with van der Waals surface area (Å²) in [6.45, 7) is 18.1. The number of hydrogen-bond donors (Lipinski definition) is 1. The topological polar surface area (TPSA) is 42.3 Å². The van der Waals surface area contributed by atoms with Gasteiger partial charge in [-0.3, -0.25) is 0 Å². The van der Waals surface area contributed by atoms with Gasteiger partial charge in [0.25, 0.3) is 0 Å². The van der Waals surface area contributed by atoms with Crippen LogP contribution in [-0.4, -0.2) is 62.2 Å². The van der Waals surface area contributed by atoms with Crippen LogP contribution in [0.5, 0.6) is 0 Å². The summed E-state index contributed by atoms with van der Waals surface area (Å²) in [4.78, 5) is 4.90. The van der Waals surface area contributed by atoms with Gasteiger partial charge in [-0.15, -0.1) is 0 Å². The van der Waals surface area contributed by atoms with Crippen molar-refractivity contribution in [3.05, 3.63) is 0 Å². The SMILES string of the molecule is CCN(CC)CCNCCN(CC)CC.N#C[S-].[Pd]. The Balaban J connectivity index is -0.000000580. The molecule has 0 bridgehead atoms. The second kappa shape index (κ2) is 20.6. The number of nitrogens with zero attached hydrogens (tertiary/aromatic N) is 3. The van der Waals surface area contributed by atoms with E-state index < -0.39 is 0 Å². The van der Waals surface area contributed by atoms with Crippen LogP contribution < -0.4 is 5.32 Å². The van der Waals surface area contributed by atoms with Crippen molar-refractivity contribution in [2.24, 2.45) is 0 Å². The minimum atomic E-state index is 0. The van der Waals surface area contributed by atoms with Crippen molar-refractivity contribution in [1.29, 1.82) is 5.26 Å². The fourth-order valence-corrected chi connectivity index (χ4v) is 1.68. The Morgan fingerprint density at radius 1 is 0.895 bits per heavy atom. The minimum Gasteiger partial charge on any atom is -0.696 e. The zero-order chi connectivity index (χ0) is 14.2. The molecule has 0 aromatic carbocycles. The van der Waals surface area contributed by atoms with Crippen molar-refractivity contribution in [1.82, 2.24) is 15.1 Å². The maximum absolute atomic E-state index is 7.13. The third-order valence-electron chi connectivity index (χ3n) is 3.00. The maximum atomic E-state index is 7.13. The van der Waals surface area contributed by atoms with Gasteiger partial charge >= 0.3 is 0 Å². The first kappa shape index (κ1) is 24.3. The van der Waals surface area contributed by atoms with Crippen LogP contribution in [0.1, 0.15) is 27.7 Å². The molecule has 0 radical (unpaired) electrons. The van der Waals surface area contributed by atoms with Crippen molar-refractivity contribution < 1.29 is 20.4 Å². The summed E-state index contributed by atoms with van der Waals surface area (Å²) in [7, 11) is 0. The Morgan fingerprint density at radius 3 is 1.37 bits per heavy atom. The molecule has 4 nitrogen and oxygen atoms in total. The predicted octanol–water partition coefficient (Wildman–Crippen LogP) is 1.27. The van der Waals surface area contributed by atoms with Gasteiger partial charge in [0.2, 0.25) is 0 Å². The Hall–Kier alpha value is 0.252. The van der Waals surface area contributed by atoms with E-state index in [2.05, 4.69) is 55.4 Å². The maximum Gasteiger partial charge on any atom is 0.0107 e. The molecule has 0 saturated heterocycles. The molecule has 0 aliphatic rings. The fraction of sp³-hybridized carbons (Fsp3) is 0.923. The summed E-state index contributed by atoms with van der Waals surface area (Å²) in [5.41, 5.74) is 0. The molecule has 118 valence electrons. The van der Waals surface area contributed by atoms with Gasteiger partial charge in [0, 0.05) is 46.6 Å². The second-order valence-electron chi connectivity index (χ2n) is 3.90. The average Bonchev–Trinajstić information content (AvgIpc) is 2.39. The van der Waals surface area contributed by atoms with Crippen LogP contribution in [0, 0.1) is 10.7 Å². The van der Waals surface area contributed by atoms with E-state index in [0.29, 0.717) is 0 Å². The van der Waals surface area contributed by atoms with Crippen LogP contribution in [0.2, 0.25) is 0 Å². The van der Waals surface area contributed by atoms with Crippen LogP contribution in [0.15, 0.2) is 0 Å². The van der Waals surface area contributed by atoms with Gasteiger partial charge in [0.1, 0.15) is 0 Å². The molecule has 0 atom stereocenters. The van der Waals surface area contributed by atoms with Crippen molar-refractivity contribution in [2.75, 3.05) is 52.4 Å². The summed E-state index contributed by atoms with van der Waals surface area (Å²) < 4.78 is 0. The molecular formula is C13H29N4PdS-. The van der Waals surface area contributed by atoms with Crippen LogP contribution in [-0.2, 0) is 33.1 Å². The van der Waals surface area contributed by atoms with Crippen LogP contribution in [0.4, 0.5) is 0 Å². The molecule has 0 aliphatic heterocycles. The van der Waals surface area contributed by atoms with Gasteiger partial charge in [0.05, 0.1) is 0 Å². The summed E-state index contributed by atoms with van der Waals surface area (Å²) in [5.74, 6) is 0. The number of hydrogen-bond acceptors (Lipinski definition) is 5. The van der Waals surface area contributed by atoms with Gasteiger partial charge in [-0.25, -0.2) is 5.26 Å². The van der Waals surface area contributed by atoms with Crippen LogP contribution in [0.3, 0.4) is 0 Å². The second-order valence-corrected chi connectivity index (χ2v) is 4.08. The first-order valence-corrected chi connectivity index (χ1v) is 7.27. The molecule has 0 saturated carbocycles. The van der Waals surface area contributed by atoms with Gasteiger partial charge < -0.3 is 27.7 Å². The molecule has 1 N–H and O–H groups in total. The Labute approximate surface area is 139 Å². The molecule has 0 aliphatic carbocycles. The van der Waals surface area contributed by atoms with Gasteiger partial charge in [-0.2, -0.15) is 0 Å². The molecule has 0 amide bonds. The zero-order valence-electron chi connectivity index (χ0n) is 12.7. The molecule has 0 unspecified atom stereocenters. The van der Waals surface area contributed by atoms with E-state index in [-0.39, 0.29) is 20.4 Å². The van der Waals surface area contributed by atoms with Gasteiger partial charge in [-0.1, -0.05) is 33.1 Å². The standard InChI is InChI=1S/C12H29N3.CHNS.Pd/c1-5-14(6-2)11-9-13-10-12-15(7-3)8-4;2-1-3;/h13H,5-12H2,1-4H3;3H;/p-1. The number of nitrogens with one attached hydrogen (secondary N) is 1. The molecule has 0 fully saturated rings. The smallest absolute Gasteiger partial charge is 0.0107 e. The quantitative estimate of drug-likeness (QED) is 0.268. The van der Waals surface area contributed by atoms with Crippen molar-refractivity contribution >= 4 is 12.6 Å². The molecule has 0 spiro atoms. The normalized spacial score (nSPS) is 9.53. The third-order valence-corrected chi connectivity index (χ3v) is 3.00. The number of nitriles is 1.